The van der Waals surface area contributed by atoms with Gasteiger partial charge in [0.05, 0.1) is 35.4 Å². The Labute approximate surface area is 193 Å². The van der Waals surface area contributed by atoms with Crippen molar-refractivity contribution < 1.29 is 18.0 Å². The van der Waals surface area contributed by atoms with E-state index >= 15 is 0 Å². The number of nitrogens with zero attached hydrogens (tertiary/aromatic N) is 3. The van der Waals surface area contributed by atoms with E-state index in [4.69, 9.17) is 0 Å². The van der Waals surface area contributed by atoms with E-state index in [1.165, 1.54) is 10.6 Å². The van der Waals surface area contributed by atoms with Gasteiger partial charge in [-0.3, -0.25) is 14.6 Å². The van der Waals surface area contributed by atoms with Crippen LogP contribution in [0.5, 0.6) is 0 Å². The van der Waals surface area contributed by atoms with Gasteiger partial charge < -0.3 is 9.88 Å². The maximum absolute atomic E-state index is 13.3. The molecule has 1 amide bonds. The van der Waals surface area contributed by atoms with E-state index in [2.05, 4.69) is 15.3 Å². The van der Waals surface area contributed by atoms with Crippen LogP contribution >= 0.6 is 0 Å². The van der Waals surface area contributed by atoms with Gasteiger partial charge in [-0.2, -0.15) is 13.2 Å². The molecule has 0 saturated heterocycles. The lowest BCUT2D eigenvalue weighted by atomic mass is 10.1. The van der Waals surface area contributed by atoms with Crippen molar-refractivity contribution in [3.05, 3.63) is 106 Å². The number of carbonyl (C=O) groups excluding carboxylic acids is 1. The van der Waals surface area contributed by atoms with E-state index in [1.807, 2.05) is 30.3 Å². The average molecular weight is 466 g/mol. The molecule has 2 aromatic carbocycles. The van der Waals surface area contributed by atoms with Gasteiger partial charge in [0.25, 0.3) is 5.56 Å². The Bertz CT molecular complexity index is 1350. The van der Waals surface area contributed by atoms with Crippen LogP contribution in [0.4, 0.5) is 13.2 Å². The minimum Gasteiger partial charge on any atom is -0.350 e. The van der Waals surface area contributed by atoms with Crippen LogP contribution in [0, 0.1) is 0 Å². The molecule has 6 nitrogen and oxygen atoms in total. The van der Waals surface area contributed by atoms with Crippen LogP contribution in [0.2, 0.25) is 0 Å². The van der Waals surface area contributed by atoms with Gasteiger partial charge >= 0.3 is 6.18 Å². The van der Waals surface area contributed by atoms with Crippen molar-refractivity contribution in [2.75, 3.05) is 0 Å². The number of carbonyl (C=O) groups is 1. The first kappa shape index (κ1) is 23.2. The monoisotopic (exact) mass is 466 g/mol. The fraction of sp³-hybridized carbons (Fsp3) is 0.200. The summed E-state index contributed by atoms with van der Waals surface area (Å²) in [7, 11) is 0. The third-order valence-electron chi connectivity index (χ3n) is 5.31. The fourth-order valence-electron chi connectivity index (χ4n) is 3.57. The first-order valence-electron chi connectivity index (χ1n) is 10.6. The molecule has 2 heterocycles. The second kappa shape index (κ2) is 9.86. The number of nitrogens with one attached hydrogen (secondary N) is 1. The highest BCUT2D eigenvalue weighted by molar-refractivity contribution is 5.77. The SMILES string of the molecule is O=C(CCc1nc2cc(C(F)(F)F)ccc2n(Cc2ccccc2)c1=O)NCc1ccccn1. The Morgan fingerprint density at radius 1 is 1.00 bits per heavy atom. The topological polar surface area (TPSA) is 76.9 Å². The minimum absolute atomic E-state index is 0.00609. The zero-order valence-corrected chi connectivity index (χ0v) is 18.0. The van der Waals surface area contributed by atoms with Gasteiger partial charge in [-0.05, 0) is 35.9 Å². The summed E-state index contributed by atoms with van der Waals surface area (Å²) >= 11 is 0. The van der Waals surface area contributed by atoms with Crippen molar-refractivity contribution in [1.82, 2.24) is 19.9 Å². The summed E-state index contributed by atoms with van der Waals surface area (Å²) in [4.78, 5) is 33.8. The molecular formula is C25H21F3N4O2. The zero-order valence-electron chi connectivity index (χ0n) is 18.0. The molecule has 9 heteroatoms. The largest absolute Gasteiger partial charge is 0.416 e. The number of rotatable bonds is 7. The summed E-state index contributed by atoms with van der Waals surface area (Å²) < 4.78 is 41.2. The minimum atomic E-state index is -4.54. The van der Waals surface area contributed by atoms with Crippen molar-refractivity contribution in [2.24, 2.45) is 0 Å². The summed E-state index contributed by atoms with van der Waals surface area (Å²) in [6.07, 6.45) is -2.97. The first-order valence-corrected chi connectivity index (χ1v) is 10.6. The van der Waals surface area contributed by atoms with Gasteiger partial charge in [-0.1, -0.05) is 36.4 Å². The number of fused-ring (bicyclic) bond motifs is 1. The molecule has 0 aliphatic carbocycles. The van der Waals surface area contributed by atoms with Crippen molar-refractivity contribution in [3.8, 4) is 0 Å². The summed E-state index contributed by atoms with van der Waals surface area (Å²) in [6.45, 7) is 0.404. The Balaban J connectivity index is 1.62. The Kier molecular flexibility index (Phi) is 6.72. The van der Waals surface area contributed by atoms with Crippen LogP contribution < -0.4 is 10.9 Å². The van der Waals surface area contributed by atoms with Crippen molar-refractivity contribution >= 4 is 16.9 Å². The van der Waals surface area contributed by atoms with Gasteiger partial charge in [-0.15, -0.1) is 0 Å². The Morgan fingerprint density at radius 3 is 2.47 bits per heavy atom. The maximum atomic E-state index is 13.3. The molecule has 0 saturated carbocycles. The second-order valence-electron chi connectivity index (χ2n) is 7.73. The lowest BCUT2D eigenvalue weighted by Gasteiger charge is -2.14. The van der Waals surface area contributed by atoms with Crippen LogP contribution in [0.15, 0.2) is 77.7 Å². The van der Waals surface area contributed by atoms with E-state index in [1.54, 1.807) is 24.4 Å². The first-order chi connectivity index (χ1) is 16.3. The second-order valence-corrected chi connectivity index (χ2v) is 7.73. The lowest BCUT2D eigenvalue weighted by Crippen LogP contribution is -2.29. The van der Waals surface area contributed by atoms with Crippen LogP contribution in [-0.2, 0) is 30.5 Å². The average Bonchev–Trinajstić information content (AvgIpc) is 2.84. The van der Waals surface area contributed by atoms with Crippen molar-refractivity contribution in [1.29, 1.82) is 0 Å². The highest BCUT2D eigenvalue weighted by Gasteiger charge is 2.31. The molecule has 0 aliphatic rings. The third-order valence-corrected chi connectivity index (χ3v) is 5.31. The maximum Gasteiger partial charge on any atom is 0.416 e. The summed E-state index contributed by atoms with van der Waals surface area (Å²) in [5.41, 5.74) is 0.598. The molecule has 0 bridgehead atoms. The molecule has 0 spiro atoms. The van der Waals surface area contributed by atoms with E-state index < -0.39 is 17.3 Å². The quantitative estimate of drug-likeness (QED) is 0.445. The van der Waals surface area contributed by atoms with Gasteiger partial charge in [0.15, 0.2) is 0 Å². The molecule has 2 aromatic heterocycles. The van der Waals surface area contributed by atoms with Gasteiger partial charge in [0.2, 0.25) is 5.91 Å². The summed E-state index contributed by atoms with van der Waals surface area (Å²) in [5, 5.41) is 2.72. The molecule has 0 radical (unpaired) electrons. The number of aryl methyl sites for hydroxylation is 1. The predicted octanol–water partition coefficient (Wildman–Crippen LogP) is 4.11. The Hall–Kier alpha value is -4.01. The van der Waals surface area contributed by atoms with Gasteiger partial charge in [0, 0.05) is 19.0 Å². The van der Waals surface area contributed by atoms with Crippen molar-refractivity contribution in [2.45, 2.75) is 32.1 Å². The highest BCUT2D eigenvalue weighted by atomic mass is 19.4. The third kappa shape index (κ3) is 5.48. The highest BCUT2D eigenvalue weighted by Crippen LogP contribution is 2.31. The van der Waals surface area contributed by atoms with Gasteiger partial charge in [0.1, 0.15) is 5.69 Å². The van der Waals surface area contributed by atoms with Crippen LogP contribution in [-0.4, -0.2) is 20.4 Å². The lowest BCUT2D eigenvalue weighted by molar-refractivity contribution is -0.137. The molecule has 0 fully saturated rings. The van der Waals surface area contributed by atoms with Crippen LogP contribution in [0.3, 0.4) is 0 Å². The number of pyridine rings is 1. The fourth-order valence-corrected chi connectivity index (χ4v) is 3.57. The molecule has 0 aliphatic heterocycles. The molecule has 4 rings (SSSR count). The Morgan fingerprint density at radius 2 is 1.76 bits per heavy atom. The zero-order chi connectivity index (χ0) is 24.1. The summed E-state index contributed by atoms with van der Waals surface area (Å²) in [6, 6.07) is 17.6. The van der Waals surface area contributed by atoms with Crippen LogP contribution in [0.25, 0.3) is 11.0 Å². The number of benzene rings is 2. The molecule has 34 heavy (non-hydrogen) atoms. The molecule has 4 aromatic rings. The molecular weight excluding hydrogens is 445 g/mol. The number of hydrogen-bond acceptors (Lipinski definition) is 4. The van der Waals surface area contributed by atoms with E-state index in [-0.39, 0.29) is 43.0 Å². The van der Waals surface area contributed by atoms with Crippen molar-refractivity contribution in [3.63, 3.8) is 0 Å². The number of aromatic nitrogens is 3. The number of alkyl halides is 3. The molecule has 0 unspecified atom stereocenters. The smallest absolute Gasteiger partial charge is 0.350 e. The van der Waals surface area contributed by atoms with E-state index in [0.717, 1.165) is 17.7 Å². The van der Waals surface area contributed by atoms with E-state index in [9.17, 15) is 22.8 Å². The van der Waals surface area contributed by atoms with Gasteiger partial charge in [-0.25, -0.2) is 4.98 Å². The number of amides is 1. The van der Waals surface area contributed by atoms with E-state index in [0.29, 0.717) is 11.2 Å². The molecule has 0 atom stereocenters. The standard InChI is InChI=1S/C25H21F3N4O2/c26-25(27,28)18-9-11-22-21(14-18)31-20(24(34)32(22)16-17-6-2-1-3-7-17)10-12-23(33)30-15-19-8-4-5-13-29-19/h1-9,11,13-14H,10,12,15-16H2,(H,30,33). The number of hydrogen-bond donors (Lipinski definition) is 1. The number of halogens is 3. The molecule has 174 valence electrons. The summed E-state index contributed by atoms with van der Waals surface area (Å²) in [5.74, 6) is -0.314. The predicted molar refractivity (Wildman–Crippen MR) is 121 cm³/mol. The van der Waals surface area contributed by atoms with Crippen LogP contribution in [0.1, 0.15) is 28.9 Å². The normalized spacial score (nSPS) is 11.5. The molecule has 1 N–H and O–H groups in total.